The molecule has 31 heavy (non-hydrogen) atoms. The number of halogens is 1. The van der Waals surface area contributed by atoms with E-state index in [1.54, 1.807) is 23.1 Å². The number of ether oxygens (including phenoxy) is 2. The number of hydrogen-bond donors (Lipinski definition) is 1. The number of piperidine rings is 1. The predicted molar refractivity (Wildman–Crippen MR) is 115 cm³/mol. The van der Waals surface area contributed by atoms with E-state index >= 15 is 0 Å². The first kappa shape index (κ1) is 21.9. The molecule has 0 bridgehead atoms. The van der Waals surface area contributed by atoms with Gasteiger partial charge in [0.15, 0.2) is 5.60 Å². The zero-order valence-electron chi connectivity index (χ0n) is 17.8. The lowest BCUT2D eigenvalue weighted by Gasteiger charge is -2.44. The van der Waals surface area contributed by atoms with Crippen molar-refractivity contribution in [2.45, 2.75) is 49.9 Å². The third-order valence-corrected chi connectivity index (χ3v) is 6.51. The minimum absolute atomic E-state index is 0.0281. The minimum atomic E-state index is -1.01. The molecule has 2 aliphatic rings. The van der Waals surface area contributed by atoms with Crippen LogP contribution in [0.5, 0.6) is 0 Å². The van der Waals surface area contributed by atoms with Gasteiger partial charge in [-0.2, -0.15) is 0 Å². The molecule has 2 fully saturated rings. The molecular weight excluding hydrogens is 397 g/mol. The van der Waals surface area contributed by atoms with E-state index in [9.17, 15) is 14.3 Å². The van der Waals surface area contributed by atoms with Gasteiger partial charge in [0.05, 0.1) is 12.2 Å². The lowest BCUT2D eigenvalue weighted by atomic mass is 9.84. The van der Waals surface area contributed by atoms with E-state index in [4.69, 9.17) is 9.47 Å². The summed E-state index contributed by atoms with van der Waals surface area (Å²) < 4.78 is 25.8. The van der Waals surface area contributed by atoms with Gasteiger partial charge in [-0.05, 0) is 30.0 Å². The molecule has 0 aromatic heterocycles. The first-order chi connectivity index (χ1) is 15.0. The normalized spacial score (nSPS) is 20.4. The van der Waals surface area contributed by atoms with Gasteiger partial charge in [-0.15, -0.1) is 0 Å². The summed E-state index contributed by atoms with van der Waals surface area (Å²) in [5, 5.41) is 11.0. The second-order valence-corrected chi connectivity index (χ2v) is 8.67. The van der Waals surface area contributed by atoms with E-state index in [1.165, 1.54) is 6.07 Å². The Balaban J connectivity index is 1.41. The zero-order chi connectivity index (χ0) is 21.7. The standard InChI is InChI=1S/C25H30FNO4/c26-22-9-5-4-8-21(22)18-24(29)10-14-27(15-11-24)23(28)25(12-16-30-17-13-25)31-19-20-6-2-1-3-7-20/h1-9,29H,10-19H2. The summed E-state index contributed by atoms with van der Waals surface area (Å²) in [5.74, 6) is -0.329. The number of carbonyl (C=O) groups excluding carboxylic acids is 1. The smallest absolute Gasteiger partial charge is 0.255 e. The number of hydrogen-bond acceptors (Lipinski definition) is 4. The van der Waals surface area contributed by atoms with Crippen LogP contribution in [0.25, 0.3) is 0 Å². The van der Waals surface area contributed by atoms with E-state index in [-0.39, 0.29) is 18.1 Å². The second-order valence-electron chi connectivity index (χ2n) is 8.67. The van der Waals surface area contributed by atoms with Gasteiger partial charge in [0.25, 0.3) is 5.91 Å². The maximum atomic E-state index is 14.0. The summed E-state index contributed by atoms with van der Waals surface area (Å²) in [4.78, 5) is 15.3. The van der Waals surface area contributed by atoms with Gasteiger partial charge in [-0.1, -0.05) is 48.5 Å². The highest BCUT2D eigenvalue weighted by molar-refractivity contribution is 5.85. The van der Waals surface area contributed by atoms with Crippen LogP contribution >= 0.6 is 0 Å². The Labute approximate surface area is 182 Å². The summed E-state index contributed by atoms with van der Waals surface area (Å²) in [7, 11) is 0. The molecule has 2 saturated heterocycles. The van der Waals surface area contributed by atoms with Crippen LogP contribution in [0.1, 0.15) is 36.8 Å². The van der Waals surface area contributed by atoms with Gasteiger partial charge >= 0.3 is 0 Å². The van der Waals surface area contributed by atoms with Crippen LogP contribution in [0, 0.1) is 5.82 Å². The van der Waals surface area contributed by atoms with Crippen molar-refractivity contribution in [3.8, 4) is 0 Å². The van der Waals surface area contributed by atoms with Gasteiger partial charge in [0.1, 0.15) is 5.82 Å². The van der Waals surface area contributed by atoms with Crippen molar-refractivity contribution in [3.05, 3.63) is 71.5 Å². The minimum Gasteiger partial charge on any atom is -0.389 e. The lowest BCUT2D eigenvalue weighted by Crippen LogP contribution is -2.57. The second kappa shape index (κ2) is 9.47. The highest BCUT2D eigenvalue weighted by atomic mass is 19.1. The Morgan fingerprint density at radius 2 is 1.65 bits per heavy atom. The Morgan fingerprint density at radius 1 is 1.00 bits per heavy atom. The van der Waals surface area contributed by atoms with Gasteiger partial charge < -0.3 is 19.5 Å². The molecule has 0 radical (unpaired) electrons. The monoisotopic (exact) mass is 427 g/mol. The van der Waals surface area contributed by atoms with Crippen molar-refractivity contribution in [2.75, 3.05) is 26.3 Å². The molecule has 0 aliphatic carbocycles. The summed E-state index contributed by atoms with van der Waals surface area (Å²) in [6.45, 7) is 2.22. The van der Waals surface area contributed by atoms with Crippen molar-refractivity contribution in [2.24, 2.45) is 0 Å². The third kappa shape index (κ3) is 5.14. The molecule has 0 atom stereocenters. The zero-order valence-corrected chi connectivity index (χ0v) is 17.8. The lowest BCUT2D eigenvalue weighted by molar-refractivity contribution is -0.177. The number of likely N-dealkylation sites (tertiary alicyclic amines) is 1. The summed E-state index contributed by atoms with van der Waals surface area (Å²) in [6.07, 6.45) is 2.13. The van der Waals surface area contributed by atoms with Crippen LogP contribution in [-0.4, -0.2) is 53.4 Å². The Hall–Kier alpha value is -2.28. The highest BCUT2D eigenvalue weighted by Gasteiger charge is 2.46. The summed E-state index contributed by atoms with van der Waals surface area (Å²) in [5.41, 5.74) is -0.363. The molecule has 1 amide bonds. The maximum Gasteiger partial charge on any atom is 0.255 e. The number of amides is 1. The van der Waals surface area contributed by atoms with Crippen LogP contribution in [0.4, 0.5) is 4.39 Å². The van der Waals surface area contributed by atoms with Crippen LogP contribution in [0.2, 0.25) is 0 Å². The largest absolute Gasteiger partial charge is 0.389 e. The van der Waals surface area contributed by atoms with E-state index in [0.29, 0.717) is 64.2 Å². The first-order valence-electron chi connectivity index (χ1n) is 11.0. The number of nitrogens with zero attached hydrogens (tertiary/aromatic N) is 1. The predicted octanol–water partition coefficient (Wildman–Crippen LogP) is 3.49. The Morgan fingerprint density at radius 3 is 2.32 bits per heavy atom. The van der Waals surface area contributed by atoms with Gasteiger partial charge in [0.2, 0.25) is 0 Å². The van der Waals surface area contributed by atoms with Crippen molar-refractivity contribution < 1.29 is 23.8 Å². The first-order valence-corrected chi connectivity index (χ1v) is 11.0. The molecule has 2 heterocycles. The Kier molecular flexibility index (Phi) is 6.70. The van der Waals surface area contributed by atoms with Crippen LogP contribution in [0.3, 0.4) is 0 Å². The third-order valence-electron chi connectivity index (χ3n) is 6.51. The average molecular weight is 428 g/mol. The molecule has 4 rings (SSSR count). The van der Waals surface area contributed by atoms with E-state index in [2.05, 4.69) is 0 Å². The van der Waals surface area contributed by atoms with E-state index in [1.807, 2.05) is 30.3 Å². The highest BCUT2D eigenvalue weighted by Crippen LogP contribution is 2.33. The molecule has 0 unspecified atom stereocenters. The van der Waals surface area contributed by atoms with E-state index in [0.717, 1.165) is 5.56 Å². The van der Waals surface area contributed by atoms with Crippen LogP contribution in [0.15, 0.2) is 54.6 Å². The SMILES string of the molecule is O=C(N1CCC(O)(Cc2ccccc2F)CC1)C1(OCc2ccccc2)CCOCC1. The van der Waals surface area contributed by atoms with Crippen molar-refractivity contribution >= 4 is 5.91 Å². The van der Waals surface area contributed by atoms with Gasteiger partial charge in [-0.3, -0.25) is 4.79 Å². The maximum absolute atomic E-state index is 14.0. The number of rotatable bonds is 6. The van der Waals surface area contributed by atoms with Crippen molar-refractivity contribution in [3.63, 3.8) is 0 Å². The molecule has 1 N–H and O–H groups in total. The fourth-order valence-electron chi connectivity index (χ4n) is 4.50. The number of benzene rings is 2. The number of aliphatic hydroxyl groups is 1. The quantitative estimate of drug-likeness (QED) is 0.767. The molecule has 5 nitrogen and oxygen atoms in total. The van der Waals surface area contributed by atoms with E-state index < -0.39 is 11.2 Å². The topological polar surface area (TPSA) is 59.0 Å². The molecular formula is C25H30FNO4. The molecule has 0 saturated carbocycles. The van der Waals surface area contributed by atoms with Crippen LogP contribution in [-0.2, 0) is 27.3 Å². The summed E-state index contributed by atoms with van der Waals surface area (Å²) in [6, 6.07) is 16.4. The average Bonchev–Trinajstić information content (AvgIpc) is 2.81. The molecule has 0 spiro atoms. The van der Waals surface area contributed by atoms with Crippen LogP contribution < -0.4 is 0 Å². The molecule has 2 aromatic rings. The molecule has 166 valence electrons. The van der Waals surface area contributed by atoms with Crippen molar-refractivity contribution in [1.82, 2.24) is 4.90 Å². The van der Waals surface area contributed by atoms with Gasteiger partial charge in [-0.25, -0.2) is 4.39 Å². The Bertz CT molecular complexity index is 874. The summed E-state index contributed by atoms with van der Waals surface area (Å²) >= 11 is 0. The van der Waals surface area contributed by atoms with Gasteiger partial charge in [0, 0.05) is 45.6 Å². The molecule has 6 heteroatoms. The fraction of sp³-hybridized carbons (Fsp3) is 0.480. The number of carbonyl (C=O) groups is 1. The van der Waals surface area contributed by atoms with Crippen molar-refractivity contribution in [1.29, 1.82) is 0 Å². The fourth-order valence-corrected chi connectivity index (χ4v) is 4.50. The molecule has 2 aromatic carbocycles. The molecule has 2 aliphatic heterocycles.